The number of rotatable bonds is 9. The van der Waals surface area contributed by atoms with Gasteiger partial charge in [-0.3, -0.25) is 0 Å². The summed E-state index contributed by atoms with van der Waals surface area (Å²) >= 11 is 0. The highest BCUT2D eigenvalue weighted by Crippen LogP contribution is 2.21. The molecule has 1 atom stereocenters. The summed E-state index contributed by atoms with van der Waals surface area (Å²) in [7, 11) is 2.12. The maximum Gasteiger partial charge on any atom is 0.351 e. The lowest BCUT2D eigenvalue weighted by Gasteiger charge is -2.38. The summed E-state index contributed by atoms with van der Waals surface area (Å²) in [5.41, 5.74) is 0. The van der Waals surface area contributed by atoms with Crippen LogP contribution in [0.1, 0.15) is 0 Å². The Morgan fingerprint density at radius 3 is 1.19 bits per heavy atom. The van der Waals surface area contributed by atoms with Crippen molar-refractivity contribution in [1.29, 1.82) is 0 Å². The van der Waals surface area contributed by atoms with Gasteiger partial charge in [-0.2, -0.15) is 0 Å². The summed E-state index contributed by atoms with van der Waals surface area (Å²) in [6.07, 6.45) is 0. The lowest BCUT2D eigenvalue weighted by molar-refractivity contribution is 0.256. The van der Waals surface area contributed by atoms with E-state index in [2.05, 4.69) is 38.3 Å². The Kier molecular flexibility index (Phi) is 11.1. The van der Waals surface area contributed by atoms with Crippen molar-refractivity contribution < 1.29 is 26.6 Å². The quantitative estimate of drug-likeness (QED) is 0.539. The Morgan fingerprint density at radius 2 is 0.926 bits per heavy atom. The molecule has 6 nitrogen and oxygen atoms in total. The number of hydrogen-bond acceptors (Lipinski definition) is 6. The molecule has 0 amide bonds. The summed E-state index contributed by atoms with van der Waals surface area (Å²) in [6.45, 7) is 10.5. The van der Waals surface area contributed by atoms with Crippen molar-refractivity contribution in [3.63, 3.8) is 0 Å². The first kappa shape index (κ1) is 26.8. The van der Waals surface area contributed by atoms with Gasteiger partial charge in [-0.1, -0.05) is 30.3 Å². The first-order valence-electron chi connectivity index (χ1n) is 8.83. The van der Waals surface area contributed by atoms with E-state index in [1.165, 1.54) is 5.19 Å². The second-order valence-electron chi connectivity index (χ2n) is 7.03. The molecule has 27 heavy (non-hydrogen) atoms. The van der Waals surface area contributed by atoms with E-state index in [1.54, 1.807) is 42.7 Å². The molecule has 0 aliphatic rings. The molecule has 0 saturated carbocycles. The molecule has 1 rings (SSSR count). The fourth-order valence-corrected chi connectivity index (χ4v) is 16.6. The molecule has 1 aromatic carbocycles. The fraction of sp³-hybridized carbons (Fsp3) is 0.647. The predicted molar refractivity (Wildman–Crippen MR) is 120 cm³/mol. The predicted octanol–water partition coefficient (Wildman–Crippen LogP) is 2.84. The molecule has 0 aliphatic heterocycles. The zero-order valence-corrected chi connectivity index (χ0v) is 22.8. The highest BCUT2D eigenvalue weighted by Gasteiger charge is 2.55. The zero-order chi connectivity index (χ0) is 21.4. The highest BCUT2D eigenvalue weighted by molar-refractivity contribution is 7.39. The number of hydrogen-bond donors (Lipinski definition) is 0. The monoisotopic (exact) mass is 450 g/mol. The van der Waals surface area contributed by atoms with Gasteiger partial charge in [0.2, 0.25) is 7.83 Å². The Balaban J connectivity index is 0.000000541. The van der Waals surface area contributed by atoms with Gasteiger partial charge >= 0.3 is 16.2 Å². The van der Waals surface area contributed by atoms with Crippen molar-refractivity contribution >= 4 is 37.0 Å². The van der Waals surface area contributed by atoms with Crippen LogP contribution in [0, 0.1) is 0 Å². The molecule has 0 N–H and O–H groups in total. The molecule has 0 aromatic heterocycles. The van der Waals surface area contributed by atoms with Gasteiger partial charge in [0.15, 0.2) is 0 Å². The van der Waals surface area contributed by atoms with Crippen LogP contribution >= 0.6 is 0 Å². The molecular formula is C17H38O6Si4. The molecule has 1 aromatic rings. The normalized spacial score (nSPS) is 14.9. The van der Waals surface area contributed by atoms with Crippen molar-refractivity contribution in [3.8, 4) is 0 Å². The van der Waals surface area contributed by atoms with Crippen LogP contribution in [-0.4, -0.2) is 74.5 Å². The average Bonchev–Trinajstić information content (AvgIpc) is 2.72. The maximum atomic E-state index is 5.82. The van der Waals surface area contributed by atoms with Gasteiger partial charge in [0.25, 0.3) is 7.83 Å². The minimum absolute atomic E-state index is 1.22. The molecule has 0 bridgehead atoms. The summed E-state index contributed by atoms with van der Waals surface area (Å²) in [6, 6.07) is 10.3. The van der Waals surface area contributed by atoms with E-state index in [4.69, 9.17) is 26.6 Å². The standard InChI is InChI=1S/C11H20O3Si2.C6H18O3Si2/c1-12-15(4,16(5,13-2)14-3)11-9-7-6-8-10-11;1-7-10(4,5)11(6,8-2)9-3/h6-10H,1-5H3;1-6H3. The maximum absolute atomic E-state index is 5.82. The number of benzene rings is 1. The lowest BCUT2D eigenvalue weighted by atomic mass is 10.4. The van der Waals surface area contributed by atoms with E-state index in [9.17, 15) is 0 Å². The molecule has 0 spiro atoms. The first-order valence-corrected chi connectivity index (χ1v) is 20.8. The third-order valence-corrected chi connectivity index (χ3v) is 32.4. The van der Waals surface area contributed by atoms with Crippen molar-refractivity contribution in [2.45, 2.75) is 32.7 Å². The Hall–Kier alpha value is -0.152. The Labute approximate surface area is 169 Å². The second kappa shape index (κ2) is 11.1. The van der Waals surface area contributed by atoms with E-state index >= 15 is 0 Å². The molecule has 0 saturated heterocycles. The van der Waals surface area contributed by atoms with Gasteiger partial charge in [0.1, 0.15) is 0 Å². The topological polar surface area (TPSA) is 55.4 Å². The molecule has 0 heterocycles. The Morgan fingerprint density at radius 1 is 0.519 bits per heavy atom. The van der Waals surface area contributed by atoms with Gasteiger partial charge in [-0.25, -0.2) is 0 Å². The molecule has 10 heteroatoms. The third-order valence-electron chi connectivity index (χ3n) is 5.76. The van der Waals surface area contributed by atoms with Crippen LogP contribution in [0.2, 0.25) is 32.7 Å². The van der Waals surface area contributed by atoms with Crippen LogP contribution in [0.15, 0.2) is 30.3 Å². The van der Waals surface area contributed by atoms with Crippen molar-refractivity contribution in [1.82, 2.24) is 0 Å². The largest absolute Gasteiger partial charge is 0.417 e. The smallest absolute Gasteiger partial charge is 0.351 e. The van der Waals surface area contributed by atoms with Crippen molar-refractivity contribution in [3.05, 3.63) is 30.3 Å². The van der Waals surface area contributed by atoms with Gasteiger partial charge in [0, 0.05) is 42.7 Å². The van der Waals surface area contributed by atoms with Crippen molar-refractivity contribution in [2.24, 2.45) is 0 Å². The van der Waals surface area contributed by atoms with Crippen LogP contribution < -0.4 is 5.19 Å². The minimum atomic E-state index is -2.28. The van der Waals surface area contributed by atoms with Crippen LogP contribution in [0.25, 0.3) is 0 Å². The summed E-state index contributed by atoms with van der Waals surface area (Å²) in [4.78, 5) is 0. The summed E-state index contributed by atoms with van der Waals surface area (Å²) in [5.74, 6) is 0. The lowest BCUT2D eigenvalue weighted by Crippen LogP contribution is -2.70. The van der Waals surface area contributed by atoms with E-state index in [1.807, 2.05) is 24.7 Å². The SMILES string of the molecule is CO[Si](C)(C)[Si](C)(OC)OC.CO[Si](C)(OC)[Si](C)(OC)c1ccccc1. The molecule has 158 valence electrons. The van der Waals surface area contributed by atoms with E-state index in [-0.39, 0.29) is 0 Å². The second-order valence-corrected chi connectivity index (χ2v) is 30.8. The fourth-order valence-electron chi connectivity index (χ4n) is 2.55. The minimum Gasteiger partial charge on any atom is -0.417 e. The first-order chi connectivity index (χ1) is 12.5. The summed E-state index contributed by atoms with van der Waals surface area (Å²) < 4.78 is 33.4. The van der Waals surface area contributed by atoms with E-state index in [0.717, 1.165) is 0 Å². The summed E-state index contributed by atoms with van der Waals surface area (Å²) in [5, 5.41) is 1.22. The van der Waals surface area contributed by atoms with Gasteiger partial charge in [-0.15, -0.1) is 0 Å². The van der Waals surface area contributed by atoms with Crippen LogP contribution in [0.5, 0.6) is 0 Å². The Bertz CT molecular complexity index is 537. The molecule has 0 aliphatic carbocycles. The van der Waals surface area contributed by atoms with E-state index in [0.29, 0.717) is 0 Å². The molecular weight excluding hydrogens is 413 g/mol. The van der Waals surface area contributed by atoms with Crippen LogP contribution in [0.3, 0.4) is 0 Å². The molecule has 1 unspecified atom stereocenters. The molecule has 0 radical (unpaired) electrons. The third kappa shape index (κ3) is 5.92. The molecule has 0 fully saturated rings. The average molecular weight is 451 g/mol. The van der Waals surface area contributed by atoms with Gasteiger partial charge < -0.3 is 26.6 Å². The zero-order valence-electron chi connectivity index (χ0n) is 18.8. The van der Waals surface area contributed by atoms with Gasteiger partial charge in [-0.05, 0) is 37.9 Å². The van der Waals surface area contributed by atoms with E-state index < -0.39 is 31.8 Å². The van der Waals surface area contributed by atoms with Crippen LogP contribution in [-0.2, 0) is 26.6 Å². The van der Waals surface area contributed by atoms with Crippen molar-refractivity contribution in [2.75, 3.05) is 42.7 Å². The van der Waals surface area contributed by atoms with Crippen LogP contribution in [0.4, 0.5) is 0 Å². The van der Waals surface area contributed by atoms with Gasteiger partial charge in [0.05, 0.1) is 0 Å². The highest BCUT2D eigenvalue weighted by atomic mass is 29.3.